The molecule has 0 aromatic carbocycles. The molecule has 0 unspecified atom stereocenters. The van der Waals surface area contributed by atoms with Gasteiger partial charge < -0.3 is 0 Å². The summed E-state index contributed by atoms with van der Waals surface area (Å²) in [4.78, 5) is 0. The van der Waals surface area contributed by atoms with Crippen LogP contribution in [-0.4, -0.2) is 0 Å². The van der Waals surface area contributed by atoms with Gasteiger partial charge in [0.1, 0.15) is 0 Å². The summed E-state index contributed by atoms with van der Waals surface area (Å²) in [5.41, 5.74) is 0. The van der Waals surface area contributed by atoms with E-state index in [9.17, 15) is 0 Å². The molecule has 0 saturated carbocycles. The topological polar surface area (TPSA) is 0 Å². The average Bonchev–Trinajstić information content (AvgIpc) is 2.85. The molecule has 0 aliphatic carbocycles. The number of rotatable bonds is 30. The van der Waals surface area contributed by atoms with Crippen molar-refractivity contribution in [2.45, 2.75) is 213 Å². The van der Waals surface area contributed by atoms with Gasteiger partial charge in [-0.25, -0.2) is 0 Å². The van der Waals surface area contributed by atoms with Gasteiger partial charge in [-0.2, -0.15) is 0 Å². The summed E-state index contributed by atoms with van der Waals surface area (Å²) < 4.78 is 0. The van der Waals surface area contributed by atoms with Gasteiger partial charge in [0, 0.05) is 0 Å². The lowest BCUT2D eigenvalue weighted by Gasteiger charge is -2.17. The third kappa shape index (κ3) is 28.2. The maximum atomic E-state index is 2.33. The maximum absolute atomic E-state index is 2.33. The highest BCUT2D eigenvalue weighted by molar-refractivity contribution is 4.62. The second-order valence-corrected chi connectivity index (χ2v) is 11.7. The fraction of sp³-hybridized carbons (Fsp3) is 1.00. The summed E-state index contributed by atoms with van der Waals surface area (Å²) in [6, 6.07) is 0. The molecule has 0 amide bonds. The van der Waals surface area contributed by atoms with Crippen molar-refractivity contribution < 1.29 is 0 Å². The Balaban J connectivity index is 3.64. The van der Waals surface area contributed by atoms with E-state index in [1.54, 1.807) is 0 Å². The van der Waals surface area contributed by atoms with Crippen LogP contribution >= 0.6 is 0 Å². The minimum absolute atomic E-state index is 1.04. The molecule has 0 heterocycles. The molecule has 0 aliphatic heterocycles. The van der Waals surface area contributed by atoms with Gasteiger partial charge in [0.25, 0.3) is 0 Å². The van der Waals surface area contributed by atoms with Gasteiger partial charge in [-0.3, -0.25) is 0 Å². The SMILES string of the molecule is CCCCCCCCCCCCCCCCCC(CCCCCCCC)CCCCCCCC. The molecule has 0 heteroatoms. The Labute approximate surface area is 219 Å². The molecular formula is C34H70. The molecule has 0 spiro atoms. The van der Waals surface area contributed by atoms with E-state index in [1.165, 1.54) is 193 Å². The van der Waals surface area contributed by atoms with Gasteiger partial charge in [-0.05, 0) is 5.92 Å². The highest BCUT2D eigenvalue weighted by atomic mass is 14.1. The van der Waals surface area contributed by atoms with Gasteiger partial charge in [0.05, 0.1) is 0 Å². The van der Waals surface area contributed by atoms with Gasteiger partial charge in [0.15, 0.2) is 0 Å². The van der Waals surface area contributed by atoms with Crippen LogP contribution in [-0.2, 0) is 0 Å². The highest BCUT2D eigenvalue weighted by Crippen LogP contribution is 2.25. The smallest absolute Gasteiger partial charge is 0.0414 e. The van der Waals surface area contributed by atoms with Crippen LogP contribution in [0.1, 0.15) is 213 Å². The quantitative estimate of drug-likeness (QED) is 0.0900. The summed E-state index contributed by atoms with van der Waals surface area (Å²) >= 11 is 0. The molecular weight excluding hydrogens is 408 g/mol. The molecule has 0 fully saturated rings. The third-order valence-corrected chi connectivity index (χ3v) is 8.15. The Hall–Kier alpha value is 0. The van der Waals surface area contributed by atoms with E-state index in [4.69, 9.17) is 0 Å². The predicted octanol–water partition coefficient (Wildman–Crippen LogP) is 13.4. The van der Waals surface area contributed by atoms with E-state index >= 15 is 0 Å². The zero-order chi connectivity index (χ0) is 24.8. The second-order valence-electron chi connectivity index (χ2n) is 11.7. The monoisotopic (exact) mass is 479 g/mol. The average molecular weight is 479 g/mol. The first kappa shape index (κ1) is 34.0. The van der Waals surface area contributed by atoms with Crippen molar-refractivity contribution in [3.63, 3.8) is 0 Å². The zero-order valence-corrected chi connectivity index (χ0v) is 24.8. The van der Waals surface area contributed by atoms with Crippen molar-refractivity contribution in [3.05, 3.63) is 0 Å². The lowest BCUT2D eigenvalue weighted by atomic mass is 9.89. The van der Waals surface area contributed by atoms with E-state index in [2.05, 4.69) is 20.8 Å². The molecule has 206 valence electrons. The minimum atomic E-state index is 1.04. The van der Waals surface area contributed by atoms with E-state index in [0.717, 1.165) is 5.92 Å². The van der Waals surface area contributed by atoms with Crippen LogP contribution in [0.3, 0.4) is 0 Å². The first-order chi connectivity index (χ1) is 16.8. The van der Waals surface area contributed by atoms with Crippen molar-refractivity contribution in [1.82, 2.24) is 0 Å². The van der Waals surface area contributed by atoms with Crippen LogP contribution in [0.15, 0.2) is 0 Å². The fourth-order valence-corrected chi connectivity index (χ4v) is 5.66. The standard InChI is InChI=1S/C34H70/c1-4-7-10-13-16-17-18-19-20-21-22-23-24-27-30-33-34(31-28-25-14-11-8-5-2)32-29-26-15-12-9-6-3/h34H,4-33H2,1-3H3. The summed E-state index contributed by atoms with van der Waals surface area (Å²) in [6.07, 6.45) is 44.3. The molecule has 0 nitrogen and oxygen atoms in total. The highest BCUT2D eigenvalue weighted by Gasteiger charge is 2.08. The predicted molar refractivity (Wildman–Crippen MR) is 159 cm³/mol. The van der Waals surface area contributed by atoms with Crippen molar-refractivity contribution >= 4 is 0 Å². The van der Waals surface area contributed by atoms with Gasteiger partial charge in [-0.1, -0.05) is 213 Å². The lowest BCUT2D eigenvalue weighted by molar-refractivity contribution is 0.365. The van der Waals surface area contributed by atoms with Gasteiger partial charge >= 0.3 is 0 Å². The summed E-state index contributed by atoms with van der Waals surface area (Å²) in [5, 5.41) is 0. The number of hydrogen-bond donors (Lipinski definition) is 0. The van der Waals surface area contributed by atoms with Crippen LogP contribution < -0.4 is 0 Å². The molecule has 0 saturated heterocycles. The third-order valence-electron chi connectivity index (χ3n) is 8.15. The summed E-state index contributed by atoms with van der Waals surface area (Å²) in [5.74, 6) is 1.04. The maximum Gasteiger partial charge on any atom is -0.0414 e. The number of unbranched alkanes of at least 4 members (excludes halogenated alkanes) is 24. The summed E-state index contributed by atoms with van der Waals surface area (Å²) in [7, 11) is 0. The zero-order valence-electron chi connectivity index (χ0n) is 24.8. The van der Waals surface area contributed by atoms with Crippen molar-refractivity contribution in [2.75, 3.05) is 0 Å². The van der Waals surface area contributed by atoms with E-state index in [1.807, 2.05) is 0 Å². The van der Waals surface area contributed by atoms with Crippen LogP contribution in [0.2, 0.25) is 0 Å². The fourth-order valence-electron chi connectivity index (χ4n) is 5.66. The van der Waals surface area contributed by atoms with Crippen LogP contribution in [0.5, 0.6) is 0 Å². The van der Waals surface area contributed by atoms with Crippen molar-refractivity contribution in [1.29, 1.82) is 0 Å². The molecule has 0 radical (unpaired) electrons. The minimum Gasteiger partial charge on any atom is -0.0654 e. The van der Waals surface area contributed by atoms with Crippen molar-refractivity contribution in [2.24, 2.45) is 5.92 Å². The molecule has 0 aromatic rings. The Kier molecular flexibility index (Phi) is 31.0. The molecule has 34 heavy (non-hydrogen) atoms. The van der Waals surface area contributed by atoms with Crippen molar-refractivity contribution in [3.8, 4) is 0 Å². The normalized spacial score (nSPS) is 11.6. The van der Waals surface area contributed by atoms with E-state index in [0.29, 0.717) is 0 Å². The Morgan fingerprint density at radius 2 is 0.412 bits per heavy atom. The summed E-state index contributed by atoms with van der Waals surface area (Å²) in [6.45, 7) is 6.97. The van der Waals surface area contributed by atoms with Gasteiger partial charge in [-0.15, -0.1) is 0 Å². The Morgan fingerprint density at radius 1 is 0.235 bits per heavy atom. The van der Waals surface area contributed by atoms with E-state index < -0.39 is 0 Å². The molecule has 0 rings (SSSR count). The molecule has 0 aliphatic rings. The molecule has 0 aromatic heterocycles. The molecule has 0 bridgehead atoms. The second kappa shape index (κ2) is 31.0. The molecule has 0 atom stereocenters. The first-order valence-corrected chi connectivity index (χ1v) is 16.8. The van der Waals surface area contributed by atoms with Gasteiger partial charge in [0.2, 0.25) is 0 Å². The van der Waals surface area contributed by atoms with Crippen LogP contribution in [0.4, 0.5) is 0 Å². The van der Waals surface area contributed by atoms with E-state index in [-0.39, 0.29) is 0 Å². The number of hydrogen-bond acceptors (Lipinski definition) is 0. The molecule has 0 N–H and O–H groups in total. The largest absolute Gasteiger partial charge is 0.0654 e. The Morgan fingerprint density at radius 3 is 0.618 bits per heavy atom. The first-order valence-electron chi connectivity index (χ1n) is 16.8. The lowest BCUT2D eigenvalue weighted by Crippen LogP contribution is -2.01. The van der Waals surface area contributed by atoms with Crippen LogP contribution in [0.25, 0.3) is 0 Å². The van der Waals surface area contributed by atoms with Crippen LogP contribution in [0, 0.1) is 5.92 Å². The Bertz CT molecular complexity index is 317.